The summed E-state index contributed by atoms with van der Waals surface area (Å²) in [5, 5.41) is 2.99. The van der Waals surface area contributed by atoms with Crippen LogP contribution >= 0.6 is 0 Å². The molecule has 1 unspecified atom stereocenters. The number of benzene rings is 1. The lowest BCUT2D eigenvalue weighted by Crippen LogP contribution is -2.54. The number of carbonyl (C=O) groups excluding carboxylic acids is 1. The van der Waals surface area contributed by atoms with Crippen molar-refractivity contribution < 1.29 is 17.9 Å². The summed E-state index contributed by atoms with van der Waals surface area (Å²) >= 11 is 0. The molecule has 0 aliphatic rings. The number of hydrogen-bond donors (Lipinski definition) is 1. The highest BCUT2D eigenvalue weighted by atomic mass is 32.2. The average molecular weight is 385 g/mol. The quantitative estimate of drug-likeness (QED) is 0.783. The third kappa shape index (κ3) is 6.52. The lowest BCUT2D eigenvalue weighted by atomic mass is 9.81. The van der Waals surface area contributed by atoms with Gasteiger partial charge in [0.1, 0.15) is 11.8 Å². The molecule has 1 N–H and O–H groups in total. The number of ether oxygens (including phenoxy) is 1. The lowest BCUT2D eigenvalue weighted by molar-refractivity contribution is -0.123. The van der Waals surface area contributed by atoms with E-state index in [2.05, 4.69) is 26.1 Å². The number of amides is 1. The largest absolute Gasteiger partial charge is 0.497 e. The Bertz CT molecular complexity index is 719. The van der Waals surface area contributed by atoms with Gasteiger partial charge in [0.15, 0.2) is 0 Å². The Morgan fingerprint density at radius 1 is 1.15 bits per heavy atom. The van der Waals surface area contributed by atoms with Crippen molar-refractivity contribution in [2.75, 3.05) is 17.7 Å². The Labute approximate surface area is 158 Å². The van der Waals surface area contributed by atoms with E-state index in [0.717, 1.165) is 17.0 Å². The molecule has 1 aromatic carbocycles. The van der Waals surface area contributed by atoms with Gasteiger partial charge in [-0.05, 0) is 56.9 Å². The summed E-state index contributed by atoms with van der Waals surface area (Å²) in [5.41, 5.74) is 0.00344. The normalized spacial score (nSPS) is 13.8. The molecule has 0 spiro atoms. The Kier molecular flexibility index (Phi) is 6.74. The third-order valence-corrected chi connectivity index (χ3v) is 5.09. The fourth-order valence-corrected chi connectivity index (χ4v) is 4.52. The summed E-state index contributed by atoms with van der Waals surface area (Å²) < 4.78 is 30.9. The Morgan fingerprint density at radius 3 is 2.04 bits per heavy atom. The van der Waals surface area contributed by atoms with Gasteiger partial charge in [0.05, 0.1) is 19.1 Å². The molecule has 148 valence electrons. The molecule has 7 heteroatoms. The minimum absolute atomic E-state index is 0.0342. The number of rotatable bonds is 7. The second-order valence-electron chi connectivity index (χ2n) is 8.54. The molecule has 26 heavy (non-hydrogen) atoms. The molecule has 0 fully saturated rings. The topological polar surface area (TPSA) is 75.7 Å². The molecule has 0 saturated carbocycles. The zero-order valence-corrected chi connectivity index (χ0v) is 17.9. The highest BCUT2D eigenvalue weighted by Crippen LogP contribution is 2.28. The molecule has 1 rings (SSSR count). The molecular weight excluding hydrogens is 352 g/mol. The summed E-state index contributed by atoms with van der Waals surface area (Å²) in [6.07, 6.45) is 1.86. The predicted octanol–water partition coefficient (Wildman–Crippen LogP) is 3.18. The number of methoxy groups -OCH3 is 1. The molecule has 0 radical (unpaired) electrons. The van der Waals surface area contributed by atoms with Gasteiger partial charge in [-0.1, -0.05) is 20.8 Å². The van der Waals surface area contributed by atoms with Crippen LogP contribution in [-0.4, -0.2) is 39.3 Å². The second-order valence-corrected chi connectivity index (χ2v) is 10.4. The van der Waals surface area contributed by atoms with Gasteiger partial charge in [-0.15, -0.1) is 0 Å². The minimum Gasteiger partial charge on any atom is -0.497 e. The van der Waals surface area contributed by atoms with Crippen molar-refractivity contribution in [1.82, 2.24) is 5.32 Å². The molecular formula is C19H32N2O4S. The van der Waals surface area contributed by atoms with Crippen LogP contribution in [0.4, 0.5) is 5.69 Å². The number of anilines is 1. The molecule has 0 aromatic heterocycles. The molecule has 0 aliphatic carbocycles. The molecule has 1 atom stereocenters. The van der Waals surface area contributed by atoms with E-state index in [1.54, 1.807) is 31.2 Å². The van der Waals surface area contributed by atoms with E-state index in [-0.39, 0.29) is 11.3 Å². The van der Waals surface area contributed by atoms with E-state index in [1.165, 1.54) is 7.11 Å². The summed E-state index contributed by atoms with van der Waals surface area (Å²) in [5.74, 6) is 0.283. The van der Waals surface area contributed by atoms with Gasteiger partial charge in [-0.3, -0.25) is 9.10 Å². The zero-order chi connectivity index (χ0) is 20.3. The van der Waals surface area contributed by atoms with Crippen LogP contribution in [0.5, 0.6) is 5.75 Å². The smallest absolute Gasteiger partial charge is 0.244 e. The highest BCUT2D eigenvalue weighted by molar-refractivity contribution is 7.92. The number of hydrogen-bond acceptors (Lipinski definition) is 4. The van der Waals surface area contributed by atoms with Crippen LogP contribution in [0.25, 0.3) is 0 Å². The molecule has 0 saturated heterocycles. The van der Waals surface area contributed by atoms with Crippen LogP contribution in [0.15, 0.2) is 24.3 Å². The van der Waals surface area contributed by atoms with Gasteiger partial charge in [-0.2, -0.15) is 0 Å². The number of sulfonamides is 1. The predicted molar refractivity (Wildman–Crippen MR) is 106 cm³/mol. The van der Waals surface area contributed by atoms with E-state index < -0.39 is 21.6 Å². The standard InChI is InChI=1S/C19H32N2O4S/c1-14(17(22)20-19(5,6)13-18(2,3)4)21(26(8,23)24)15-9-11-16(25-7)12-10-15/h9-12,14H,13H2,1-8H3,(H,20,22). The average Bonchev–Trinajstić information content (AvgIpc) is 2.43. The summed E-state index contributed by atoms with van der Waals surface area (Å²) in [7, 11) is -2.10. The van der Waals surface area contributed by atoms with Crippen LogP contribution in [0.2, 0.25) is 0 Å². The first-order chi connectivity index (χ1) is 11.7. The van der Waals surface area contributed by atoms with Gasteiger partial charge in [0.25, 0.3) is 0 Å². The SMILES string of the molecule is COc1ccc(N(C(C)C(=O)NC(C)(C)CC(C)(C)C)S(C)(=O)=O)cc1. The Hall–Kier alpha value is -1.76. The first-order valence-corrected chi connectivity index (χ1v) is 10.5. The van der Waals surface area contributed by atoms with Crippen LogP contribution in [0.1, 0.15) is 48.0 Å². The fourth-order valence-electron chi connectivity index (χ4n) is 3.35. The molecule has 1 amide bonds. The van der Waals surface area contributed by atoms with E-state index >= 15 is 0 Å². The van der Waals surface area contributed by atoms with Crippen LogP contribution in [-0.2, 0) is 14.8 Å². The van der Waals surface area contributed by atoms with Crippen molar-refractivity contribution in [1.29, 1.82) is 0 Å². The van der Waals surface area contributed by atoms with Gasteiger partial charge in [0, 0.05) is 5.54 Å². The number of carbonyl (C=O) groups is 1. The molecule has 0 heterocycles. The van der Waals surface area contributed by atoms with Gasteiger partial charge in [-0.25, -0.2) is 8.42 Å². The highest BCUT2D eigenvalue weighted by Gasteiger charge is 2.33. The first-order valence-electron chi connectivity index (χ1n) is 8.62. The monoisotopic (exact) mass is 384 g/mol. The lowest BCUT2D eigenvalue weighted by Gasteiger charge is -2.36. The van der Waals surface area contributed by atoms with Crippen molar-refractivity contribution in [3.8, 4) is 5.75 Å². The number of nitrogens with one attached hydrogen (secondary N) is 1. The first kappa shape index (κ1) is 22.3. The van der Waals surface area contributed by atoms with Gasteiger partial charge in [0.2, 0.25) is 15.9 Å². The van der Waals surface area contributed by atoms with Crippen molar-refractivity contribution in [2.45, 2.75) is 59.5 Å². The maximum absolute atomic E-state index is 12.8. The second kappa shape index (κ2) is 7.86. The van der Waals surface area contributed by atoms with Crippen LogP contribution < -0.4 is 14.4 Å². The van der Waals surface area contributed by atoms with Crippen molar-refractivity contribution >= 4 is 21.6 Å². The molecule has 0 bridgehead atoms. The zero-order valence-electron chi connectivity index (χ0n) is 17.1. The Balaban J connectivity index is 3.09. The number of nitrogens with zero attached hydrogens (tertiary/aromatic N) is 1. The molecule has 0 aliphatic heterocycles. The minimum atomic E-state index is -3.64. The van der Waals surface area contributed by atoms with Crippen molar-refractivity contribution in [3.63, 3.8) is 0 Å². The summed E-state index contributed by atoms with van der Waals surface area (Å²) in [4.78, 5) is 12.8. The van der Waals surface area contributed by atoms with Crippen molar-refractivity contribution in [2.24, 2.45) is 5.41 Å². The van der Waals surface area contributed by atoms with Crippen molar-refractivity contribution in [3.05, 3.63) is 24.3 Å². The Morgan fingerprint density at radius 2 is 1.65 bits per heavy atom. The summed E-state index contributed by atoms with van der Waals surface area (Å²) in [6, 6.07) is 5.72. The van der Waals surface area contributed by atoms with E-state index in [1.807, 2.05) is 13.8 Å². The molecule has 1 aromatic rings. The van der Waals surface area contributed by atoms with Gasteiger partial charge < -0.3 is 10.1 Å². The van der Waals surface area contributed by atoms with Gasteiger partial charge >= 0.3 is 0 Å². The maximum Gasteiger partial charge on any atom is 0.244 e. The van der Waals surface area contributed by atoms with Crippen LogP contribution in [0.3, 0.4) is 0 Å². The van der Waals surface area contributed by atoms with E-state index in [9.17, 15) is 13.2 Å². The van der Waals surface area contributed by atoms with E-state index in [4.69, 9.17) is 4.74 Å². The van der Waals surface area contributed by atoms with Crippen LogP contribution in [0, 0.1) is 5.41 Å². The molecule has 6 nitrogen and oxygen atoms in total. The third-order valence-electron chi connectivity index (χ3n) is 3.85. The maximum atomic E-state index is 12.8. The fraction of sp³-hybridized carbons (Fsp3) is 0.632. The van der Waals surface area contributed by atoms with E-state index in [0.29, 0.717) is 11.4 Å². The summed E-state index contributed by atoms with van der Waals surface area (Å²) in [6.45, 7) is 11.8.